The lowest BCUT2D eigenvalue weighted by Crippen LogP contribution is -2.22. The Bertz CT molecular complexity index is 1330. The predicted molar refractivity (Wildman–Crippen MR) is 139 cm³/mol. The van der Waals surface area contributed by atoms with Crippen molar-refractivity contribution in [2.75, 3.05) is 17.2 Å². The Morgan fingerprint density at radius 1 is 1.03 bits per heavy atom. The maximum absolute atomic E-state index is 12.7. The third-order valence-corrected chi connectivity index (χ3v) is 5.87. The minimum absolute atomic E-state index is 0.0337. The summed E-state index contributed by atoms with van der Waals surface area (Å²) in [6, 6.07) is 23.3. The summed E-state index contributed by atoms with van der Waals surface area (Å²) in [6.07, 6.45) is 0. The highest BCUT2D eigenvalue weighted by molar-refractivity contribution is 6.32. The number of aryl methyl sites for hydroxylation is 1. The largest absolute Gasteiger partial charge is 0.437 e. The molecule has 0 spiro atoms. The SMILES string of the molecule is Cc1cc(Oc2ccccc2NC(=O)Nc2ccc(C(C)(C)CO)cc2)n(-c2ccccc2Cl)n1. The average molecular weight is 491 g/mol. The summed E-state index contributed by atoms with van der Waals surface area (Å²) < 4.78 is 7.79. The summed E-state index contributed by atoms with van der Waals surface area (Å²) in [5, 5.41) is 20.3. The molecule has 0 aliphatic rings. The Balaban J connectivity index is 1.51. The first-order chi connectivity index (χ1) is 16.8. The Labute approximate surface area is 209 Å². The molecule has 2 amide bonds. The highest BCUT2D eigenvalue weighted by atomic mass is 35.5. The van der Waals surface area contributed by atoms with Gasteiger partial charge in [0.1, 0.15) is 0 Å². The van der Waals surface area contributed by atoms with Gasteiger partial charge in [-0.3, -0.25) is 0 Å². The number of carbonyl (C=O) groups is 1. The first-order valence-electron chi connectivity index (χ1n) is 11.1. The van der Waals surface area contributed by atoms with Crippen LogP contribution in [0.4, 0.5) is 16.2 Å². The molecule has 0 saturated heterocycles. The van der Waals surface area contributed by atoms with E-state index in [1.54, 1.807) is 41.1 Å². The number of aliphatic hydroxyl groups is 1. The second kappa shape index (κ2) is 10.2. The Morgan fingerprint density at radius 3 is 2.43 bits per heavy atom. The topological polar surface area (TPSA) is 88.4 Å². The summed E-state index contributed by atoms with van der Waals surface area (Å²) in [5.74, 6) is 0.920. The molecular formula is C27H27ClN4O3. The lowest BCUT2D eigenvalue weighted by atomic mass is 9.86. The van der Waals surface area contributed by atoms with Crippen LogP contribution < -0.4 is 15.4 Å². The third kappa shape index (κ3) is 5.65. The molecule has 1 aromatic heterocycles. The molecule has 0 atom stereocenters. The maximum atomic E-state index is 12.7. The normalized spacial score (nSPS) is 11.2. The van der Waals surface area contributed by atoms with Gasteiger partial charge in [-0.05, 0) is 48.9 Å². The van der Waals surface area contributed by atoms with Crippen LogP contribution in [0.3, 0.4) is 0 Å². The van der Waals surface area contributed by atoms with Gasteiger partial charge in [-0.2, -0.15) is 9.78 Å². The highest BCUT2D eigenvalue weighted by Gasteiger charge is 2.19. The van der Waals surface area contributed by atoms with Gasteiger partial charge in [0.15, 0.2) is 5.75 Å². The minimum atomic E-state index is -0.411. The molecule has 0 radical (unpaired) electrons. The zero-order valence-corrected chi connectivity index (χ0v) is 20.5. The summed E-state index contributed by atoms with van der Waals surface area (Å²) in [4.78, 5) is 12.7. The van der Waals surface area contributed by atoms with E-state index in [1.165, 1.54) is 0 Å². The van der Waals surface area contributed by atoms with Crippen molar-refractivity contribution in [2.24, 2.45) is 0 Å². The molecule has 35 heavy (non-hydrogen) atoms. The number of aromatic nitrogens is 2. The number of urea groups is 1. The number of benzene rings is 3. The molecule has 180 valence electrons. The molecule has 3 aromatic carbocycles. The van der Waals surface area contributed by atoms with Crippen LogP contribution in [-0.4, -0.2) is 27.5 Å². The molecule has 0 aliphatic heterocycles. The summed E-state index contributed by atoms with van der Waals surface area (Å²) in [7, 11) is 0. The zero-order chi connectivity index (χ0) is 25.0. The van der Waals surface area contributed by atoms with Gasteiger partial charge in [-0.15, -0.1) is 0 Å². The molecule has 1 heterocycles. The van der Waals surface area contributed by atoms with Crippen LogP contribution in [-0.2, 0) is 5.41 Å². The molecule has 4 aromatic rings. The van der Waals surface area contributed by atoms with E-state index in [-0.39, 0.29) is 12.0 Å². The quantitative estimate of drug-likeness (QED) is 0.274. The van der Waals surface area contributed by atoms with Crippen molar-refractivity contribution < 1.29 is 14.6 Å². The van der Waals surface area contributed by atoms with Gasteiger partial charge in [0.05, 0.1) is 28.7 Å². The molecule has 0 fully saturated rings. The fourth-order valence-corrected chi connectivity index (χ4v) is 3.71. The van der Waals surface area contributed by atoms with E-state index in [0.717, 1.165) is 11.3 Å². The fraction of sp³-hybridized carbons (Fsp3) is 0.185. The zero-order valence-electron chi connectivity index (χ0n) is 19.7. The van der Waals surface area contributed by atoms with Crippen molar-refractivity contribution in [1.29, 1.82) is 0 Å². The van der Waals surface area contributed by atoms with Crippen LogP contribution in [0, 0.1) is 6.92 Å². The number of nitrogens with one attached hydrogen (secondary N) is 2. The van der Waals surface area contributed by atoms with E-state index >= 15 is 0 Å². The molecular weight excluding hydrogens is 464 g/mol. The van der Waals surface area contributed by atoms with Gasteiger partial charge >= 0.3 is 6.03 Å². The minimum Gasteiger partial charge on any atom is -0.437 e. The average Bonchev–Trinajstić information content (AvgIpc) is 3.20. The van der Waals surface area contributed by atoms with Crippen molar-refractivity contribution >= 4 is 29.0 Å². The van der Waals surface area contributed by atoms with E-state index in [9.17, 15) is 9.90 Å². The van der Waals surface area contributed by atoms with E-state index in [1.807, 2.05) is 63.2 Å². The number of carbonyl (C=O) groups excluding carboxylic acids is 1. The van der Waals surface area contributed by atoms with Crippen LogP contribution in [0.2, 0.25) is 5.02 Å². The van der Waals surface area contributed by atoms with Gasteiger partial charge in [-0.25, -0.2) is 4.79 Å². The lowest BCUT2D eigenvalue weighted by molar-refractivity contribution is 0.218. The Hall–Kier alpha value is -3.81. The van der Waals surface area contributed by atoms with Crippen molar-refractivity contribution in [3.05, 3.63) is 95.1 Å². The van der Waals surface area contributed by atoms with Crippen molar-refractivity contribution in [3.8, 4) is 17.3 Å². The first-order valence-corrected chi connectivity index (χ1v) is 11.5. The number of rotatable bonds is 7. The Morgan fingerprint density at radius 2 is 1.71 bits per heavy atom. The molecule has 3 N–H and O–H groups in total. The number of aliphatic hydroxyl groups excluding tert-OH is 1. The molecule has 0 saturated carbocycles. The van der Waals surface area contributed by atoms with Crippen LogP contribution in [0.5, 0.6) is 11.6 Å². The maximum Gasteiger partial charge on any atom is 0.323 e. The number of anilines is 2. The highest BCUT2D eigenvalue weighted by Crippen LogP contribution is 2.33. The van der Waals surface area contributed by atoms with Gasteiger partial charge in [0, 0.05) is 17.2 Å². The van der Waals surface area contributed by atoms with E-state index in [0.29, 0.717) is 33.7 Å². The van der Waals surface area contributed by atoms with Crippen LogP contribution in [0.25, 0.3) is 5.69 Å². The number of amides is 2. The molecule has 7 nitrogen and oxygen atoms in total. The second-order valence-electron chi connectivity index (χ2n) is 8.78. The summed E-state index contributed by atoms with van der Waals surface area (Å²) >= 11 is 6.37. The number of hydrogen-bond acceptors (Lipinski definition) is 4. The van der Waals surface area contributed by atoms with Gasteiger partial charge in [0.2, 0.25) is 5.88 Å². The smallest absolute Gasteiger partial charge is 0.323 e. The Kier molecular flexibility index (Phi) is 7.10. The predicted octanol–water partition coefficient (Wildman–Crippen LogP) is 6.54. The number of hydrogen-bond donors (Lipinski definition) is 3. The summed E-state index contributed by atoms with van der Waals surface area (Å²) in [5.41, 5.74) is 3.20. The van der Waals surface area contributed by atoms with Gasteiger partial charge in [-0.1, -0.05) is 61.8 Å². The molecule has 8 heteroatoms. The number of ether oxygens (including phenoxy) is 1. The number of para-hydroxylation sites is 3. The first kappa shape index (κ1) is 24.3. The molecule has 0 unspecified atom stereocenters. The van der Waals surface area contributed by atoms with E-state index in [4.69, 9.17) is 16.3 Å². The fourth-order valence-electron chi connectivity index (χ4n) is 3.50. The van der Waals surface area contributed by atoms with Crippen molar-refractivity contribution in [1.82, 2.24) is 9.78 Å². The van der Waals surface area contributed by atoms with Gasteiger partial charge < -0.3 is 20.5 Å². The number of nitrogens with zero attached hydrogens (tertiary/aromatic N) is 2. The molecule has 0 aliphatic carbocycles. The lowest BCUT2D eigenvalue weighted by Gasteiger charge is -2.22. The van der Waals surface area contributed by atoms with E-state index < -0.39 is 6.03 Å². The standard InChI is InChI=1S/C27H27ClN4O3/c1-18-16-25(32(31-18)23-10-6-4-8-21(23)28)35-24-11-7-5-9-22(24)30-26(34)29-20-14-12-19(13-15-20)27(2,3)17-33/h4-16,33H,17H2,1-3H3,(H2,29,30,34). The second-order valence-corrected chi connectivity index (χ2v) is 9.19. The molecule has 0 bridgehead atoms. The monoisotopic (exact) mass is 490 g/mol. The third-order valence-electron chi connectivity index (χ3n) is 5.55. The summed E-state index contributed by atoms with van der Waals surface area (Å²) in [6.45, 7) is 5.81. The molecule has 4 rings (SSSR count). The van der Waals surface area contributed by atoms with Crippen molar-refractivity contribution in [3.63, 3.8) is 0 Å². The van der Waals surface area contributed by atoms with E-state index in [2.05, 4.69) is 15.7 Å². The van der Waals surface area contributed by atoms with Crippen LogP contribution >= 0.6 is 11.6 Å². The van der Waals surface area contributed by atoms with Crippen molar-refractivity contribution in [2.45, 2.75) is 26.2 Å². The van der Waals surface area contributed by atoms with Crippen LogP contribution in [0.15, 0.2) is 78.9 Å². The van der Waals surface area contributed by atoms with Crippen LogP contribution in [0.1, 0.15) is 25.1 Å². The number of halogens is 1. The van der Waals surface area contributed by atoms with Gasteiger partial charge in [0.25, 0.3) is 0 Å².